The van der Waals surface area contributed by atoms with E-state index in [0.717, 1.165) is 24.3 Å². The minimum absolute atomic E-state index is 0.111. The standard InChI is InChI=1S/C24H18F10O/c1-2-12-5-8-16(22(29)21(12)28)13-3-6-14(7-4-13)24(33,34)35-15-9-17(25)20(18(26)10-15)19(27)11-23(30,31)32/h3-4,6-7,9-12,16H,2,5,8H2,1H3/b19-11-. The minimum Gasteiger partial charge on any atom is -0.429 e. The van der Waals surface area contributed by atoms with E-state index >= 15 is 0 Å². The molecule has 190 valence electrons. The van der Waals surface area contributed by atoms with Crippen molar-refractivity contribution in [1.29, 1.82) is 0 Å². The first-order chi connectivity index (χ1) is 16.2. The molecule has 0 saturated carbocycles. The van der Waals surface area contributed by atoms with Crippen molar-refractivity contribution in [3.8, 4) is 5.75 Å². The van der Waals surface area contributed by atoms with E-state index in [2.05, 4.69) is 4.74 Å². The zero-order chi connectivity index (χ0) is 26.1. The second-order valence-electron chi connectivity index (χ2n) is 7.97. The Hall–Kier alpha value is -2.98. The predicted molar refractivity (Wildman–Crippen MR) is 107 cm³/mol. The fraction of sp³-hybridized carbons (Fsp3) is 0.333. The Morgan fingerprint density at radius 2 is 1.49 bits per heavy atom. The molecule has 0 saturated heterocycles. The summed E-state index contributed by atoms with van der Waals surface area (Å²) in [5, 5.41) is 0. The van der Waals surface area contributed by atoms with Gasteiger partial charge in [0.25, 0.3) is 0 Å². The highest BCUT2D eigenvalue weighted by Crippen LogP contribution is 2.43. The number of benzene rings is 2. The van der Waals surface area contributed by atoms with Crippen LogP contribution in [0.3, 0.4) is 0 Å². The van der Waals surface area contributed by atoms with Crippen LogP contribution in [0.1, 0.15) is 48.8 Å². The molecule has 0 spiro atoms. The molecule has 2 unspecified atom stereocenters. The summed E-state index contributed by atoms with van der Waals surface area (Å²) < 4.78 is 140. The van der Waals surface area contributed by atoms with Gasteiger partial charge in [0, 0.05) is 24.0 Å². The molecule has 1 nitrogen and oxygen atoms in total. The first-order valence-electron chi connectivity index (χ1n) is 10.4. The van der Waals surface area contributed by atoms with Gasteiger partial charge in [-0.15, -0.1) is 0 Å². The first-order valence-corrected chi connectivity index (χ1v) is 10.4. The largest absolute Gasteiger partial charge is 0.429 e. The van der Waals surface area contributed by atoms with Crippen molar-refractivity contribution in [3.05, 3.63) is 82.5 Å². The Kier molecular flexibility index (Phi) is 7.56. The summed E-state index contributed by atoms with van der Waals surface area (Å²) >= 11 is 0. The highest BCUT2D eigenvalue weighted by Gasteiger charge is 2.37. The van der Waals surface area contributed by atoms with E-state index in [-0.39, 0.29) is 24.1 Å². The molecule has 0 heterocycles. The maximum absolute atomic E-state index is 14.6. The SMILES string of the molecule is CCC1CCC(c2ccc(C(F)(F)Oc3cc(F)c(/C(F)=C/C(F)(F)F)c(F)c3)cc2)C(F)=C1F. The quantitative estimate of drug-likeness (QED) is 0.351. The Balaban J connectivity index is 1.82. The number of ether oxygens (including phenoxy) is 1. The monoisotopic (exact) mass is 512 g/mol. The van der Waals surface area contributed by atoms with Crippen molar-refractivity contribution in [1.82, 2.24) is 0 Å². The van der Waals surface area contributed by atoms with E-state index < -0.39 is 76.2 Å². The third-order valence-electron chi connectivity index (χ3n) is 5.63. The second kappa shape index (κ2) is 9.94. The maximum atomic E-state index is 14.6. The van der Waals surface area contributed by atoms with E-state index in [4.69, 9.17) is 0 Å². The van der Waals surface area contributed by atoms with E-state index in [0.29, 0.717) is 12.8 Å². The molecule has 2 atom stereocenters. The molecule has 0 radical (unpaired) electrons. The number of hydrogen-bond donors (Lipinski definition) is 0. The molecule has 11 heteroatoms. The second-order valence-corrected chi connectivity index (χ2v) is 7.97. The van der Waals surface area contributed by atoms with Gasteiger partial charge in [0.15, 0.2) is 0 Å². The summed E-state index contributed by atoms with van der Waals surface area (Å²) in [5.41, 5.74) is -2.26. The maximum Gasteiger partial charge on any atom is 0.426 e. The number of hydrogen-bond acceptors (Lipinski definition) is 1. The molecular formula is C24H18F10O. The van der Waals surface area contributed by atoms with Gasteiger partial charge in [0.2, 0.25) is 0 Å². The summed E-state index contributed by atoms with van der Waals surface area (Å²) in [6, 6.07) is 4.22. The first kappa shape index (κ1) is 26.6. The van der Waals surface area contributed by atoms with Crippen LogP contribution in [0.5, 0.6) is 5.75 Å². The van der Waals surface area contributed by atoms with Gasteiger partial charge in [-0.25, -0.2) is 22.0 Å². The zero-order valence-corrected chi connectivity index (χ0v) is 18.0. The van der Waals surface area contributed by atoms with Gasteiger partial charge in [-0.05, 0) is 37.0 Å². The van der Waals surface area contributed by atoms with Gasteiger partial charge >= 0.3 is 12.3 Å². The molecule has 0 aliphatic heterocycles. The lowest BCUT2D eigenvalue weighted by atomic mass is 9.81. The molecular weight excluding hydrogens is 494 g/mol. The Labute approximate surface area is 193 Å². The highest BCUT2D eigenvalue weighted by molar-refractivity contribution is 5.61. The van der Waals surface area contributed by atoms with Crippen LogP contribution in [0.25, 0.3) is 5.83 Å². The minimum atomic E-state index is -5.21. The topological polar surface area (TPSA) is 9.23 Å². The Morgan fingerprint density at radius 1 is 0.914 bits per heavy atom. The van der Waals surface area contributed by atoms with Crippen molar-refractivity contribution < 1.29 is 48.6 Å². The Bertz CT molecular complexity index is 1110. The number of alkyl halides is 5. The van der Waals surface area contributed by atoms with E-state index in [1.807, 2.05) is 0 Å². The molecule has 2 aromatic rings. The molecule has 0 N–H and O–H groups in total. The van der Waals surface area contributed by atoms with Crippen molar-refractivity contribution in [2.75, 3.05) is 0 Å². The van der Waals surface area contributed by atoms with E-state index in [1.165, 1.54) is 0 Å². The lowest BCUT2D eigenvalue weighted by Crippen LogP contribution is -2.22. The fourth-order valence-corrected chi connectivity index (χ4v) is 3.85. The molecule has 0 amide bonds. The number of allylic oxidation sites excluding steroid dienone is 3. The third-order valence-corrected chi connectivity index (χ3v) is 5.63. The molecule has 1 aliphatic carbocycles. The average Bonchev–Trinajstić information content (AvgIpc) is 2.73. The molecule has 0 aromatic heterocycles. The highest BCUT2D eigenvalue weighted by atomic mass is 19.4. The Morgan fingerprint density at radius 3 is 2.00 bits per heavy atom. The third kappa shape index (κ3) is 5.99. The predicted octanol–water partition coefficient (Wildman–Crippen LogP) is 9.02. The van der Waals surface area contributed by atoms with Gasteiger partial charge in [-0.3, -0.25) is 0 Å². The molecule has 0 bridgehead atoms. The molecule has 1 aliphatic rings. The van der Waals surface area contributed by atoms with Crippen molar-refractivity contribution in [3.63, 3.8) is 0 Å². The number of halogens is 10. The van der Waals surface area contributed by atoms with E-state index in [9.17, 15) is 43.9 Å². The summed E-state index contributed by atoms with van der Waals surface area (Å²) in [5.74, 6) is -10.5. The van der Waals surface area contributed by atoms with Gasteiger partial charge in [-0.2, -0.15) is 22.0 Å². The smallest absolute Gasteiger partial charge is 0.426 e. The van der Waals surface area contributed by atoms with Gasteiger partial charge in [0.05, 0.1) is 17.2 Å². The van der Waals surface area contributed by atoms with Crippen LogP contribution in [-0.2, 0) is 6.11 Å². The van der Waals surface area contributed by atoms with E-state index in [1.54, 1.807) is 6.92 Å². The zero-order valence-electron chi connectivity index (χ0n) is 18.0. The normalized spacial score (nSPS) is 19.8. The van der Waals surface area contributed by atoms with Crippen LogP contribution in [0.4, 0.5) is 43.9 Å². The van der Waals surface area contributed by atoms with Gasteiger partial charge in [-0.1, -0.05) is 19.1 Å². The van der Waals surface area contributed by atoms with Crippen molar-refractivity contribution in [2.24, 2.45) is 5.92 Å². The van der Waals surface area contributed by atoms with Crippen LogP contribution in [0.15, 0.2) is 54.1 Å². The molecule has 35 heavy (non-hydrogen) atoms. The summed E-state index contributed by atoms with van der Waals surface area (Å²) in [4.78, 5) is 0. The lowest BCUT2D eigenvalue weighted by Gasteiger charge is -2.26. The van der Waals surface area contributed by atoms with Gasteiger partial charge in [0.1, 0.15) is 34.9 Å². The lowest BCUT2D eigenvalue weighted by molar-refractivity contribution is -0.185. The summed E-state index contributed by atoms with van der Waals surface area (Å²) in [6.45, 7) is 1.72. The van der Waals surface area contributed by atoms with Crippen LogP contribution in [0.2, 0.25) is 0 Å². The average molecular weight is 512 g/mol. The fourth-order valence-electron chi connectivity index (χ4n) is 3.85. The van der Waals surface area contributed by atoms with Crippen LogP contribution in [-0.4, -0.2) is 6.18 Å². The molecule has 0 fully saturated rings. The van der Waals surface area contributed by atoms with Crippen LogP contribution in [0, 0.1) is 17.6 Å². The summed E-state index contributed by atoms with van der Waals surface area (Å²) in [7, 11) is 0. The molecule has 3 rings (SSSR count). The molecule has 2 aromatic carbocycles. The van der Waals surface area contributed by atoms with Crippen molar-refractivity contribution in [2.45, 2.75) is 44.4 Å². The number of rotatable bonds is 6. The van der Waals surface area contributed by atoms with Gasteiger partial charge < -0.3 is 4.74 Å². The van der Waals surface area contributed by atoms with Crippen molar-refractivity contribution >= 4 is 5.83 Å². The van der Waals surface area contributed by atoms with Crippen LogP contribution >= 0.6 is 0 Å². The van der Waals surface area contributed by atoms with Crippen LogP contribution < -0.4 is 4.74 Å². The summed E-state index contributed by atoms with van der Waals surface area (Å²) in [6.07, 6.45) is -9.30.